The molecule has 20 heavy (non-hydrogen) atoms. The molecular formula is C16H25N3O. The van der Waals surface area contributed by atoms with Crippen LogP contribution in [0.3, 0.4) is 0 Å². The number of hydrogen-bond donors (Lipinski definition) is 1. The molecule has 0 saturated heterocycles. The molecular weight excluding hydrogens is 250 g/mol. The van der Waals surface area contributed by atoms with E-state index in [0.717, 1.165) is 24.4 Å². The SMILES string of the molecule is CC(Cc1ccco1)NCc1cn(C)nc1C(C)(C)C. The van der Waals surface area contributed by atoms with Crippen molar-refractivity contribution in [2.45, 2.75) is 52.1 Å². The van der Waals surface area contributed by atoms with Crippen LogP contribution in [0.1, 0.15) is 44.7 Å². The fourth-order valence-electron chi connectivity index (χ4n) is 2.39. The molecule has 2 rings (SSSR count). The fourth-order valence-corrected chi connectivity index (χ4v) is 2.39. The Bertz CT molecular complexity index is 535. The lowest BCUT2D eigenvalue weighted by Gasteiger charge is -2.19. The van der Waals surface area contributed by atoms with Gasteiger partial charge >= 0.3 is 0 Å². The van der Waals surface area contributed by atoms with Crippen LogP contribution in [-0.4, -0.2) is 15.8 Å². The smallest absolute Gasteiger partial charge is 0.105 e. The maximum Gasteiger partial charge on any atom is 0.105 e. The van der Waals surface area contributed by atoms with Crippen molar-refractivity contribution in [3.8, 4) is 0 Å². The summed E-state index contributed by atoms with van der Waals surface area (Å²) in [6.07, 6.45) is 4.73. The minimum absolute atomic E-state index is 0.0719. The van der Waals surface area contributed by atoms with Crippen LogP contribution in [0.5, 0.6) is 0 Å². The van der Waals surface area contributed by atoms with Crippen molar-refractivity contribution >= 4 is 0 Å². The van der Waals surface area contributed by atoms with E-state index in [2.05, 4.69) is 44.3 Å². The highest BCUT2D eigenvalue weighted by atomic mass is 16.3. The average molecular weight is 275 g/mol. The summed E-state index contributed by atoms with van der Waals surface area (Å²) >= 11 is 0. The van der Waals surface area contributed by atoms with Crippen LogP contribution >= 0.6 is 0 Å². The van der Waals surface area contributed by atoms with E-state index >= 15 is 0 Å². The van der Waals surface area contributed by atoms with Crippen molar-refractivity contribution < 1.29 is 4.42 Å². The first kappa shape index (κ1) is 14.9. The van der Waals surface area contributed by atoms with Gasteiger partial charge in [-0.1, -0.05) is 20.8 Å². The highest BCUT2D eigenvalue weighted by Gasteiger charge is 2.21. The Kier molecular flexibility index (Phi) is 4.33. The minimum atomic E-state index is 0.0719. The number of aromatic nitrogens is 2. The zero-order chi connectivity index (χ0) is 14.8. The van der Waals surface area contributed by atoms with Gasteiger partial charge in [0.1, 0.15) is 5.76 Å². The highest BCUT2D eigenvalue weighted by molar-refractivity contribution is 5.24. The summed E-state index contributed by atoms with van der Waals surface area (Å²) in [6, 6.07) is 4.32. The molecule has 4 nitrogen and oxygen atoms in total. The van der Waals surface area contributed by atoms with Crippen molar-refractivity contribution in [3.05, 3.63) is 41.6 Å². The predicted octanol–water partition coefficient (Wildman–Crippen LogP) is 3.03. The van der Waals surface area contributed by atoms with Gasteiger partial charge in [-0.3, -0.25) is 4.68 Å². The summed E-state index contributed by atoms with van der Waals surface area (Å²) in [6.45, 7) is 9.61. The molecule has 0 aromatic carbocycles. The van der Waals surface area contributed by atoms with Crippen molar-refractivity contribution in [1.29, 1.82) is 0 Å². The molecule has 4 heteroatoms. The molecule has 0 saturated carbocycles. The summed E-state index contributed by atoms with van der Waals surface area (Å²) in [4.78, 5) is 0. The first-order chi connectivity index (χ1) is 9.36. The fraction of sp³-hybridized carbons (Fsp3) is 0.562. The Hall–Kier alpha value is -1.55. The molecule has 1 unspecified atom stereocenters. The van der Waals surface area contributed by atoms with Gasteiger partial charge in [0.2, 0.25) is 0 Å². The standard InChI is InChI=1S/C16H25N3O/c1-12(9-14-7-6-8-20-14)17-10-13-11-19(5)18-15(13)16(2,3)4/h6-8,11-12,17H,9-10H2,1-5H3. The molecule has 0 fully saturated rings. The Labute approximate surface area is 121 Å². The zero-order valence-electron chi connectivity index (χ0n) is 13.1. The summed E-state index contributed by atoms with van der Waals surface area (Å²) in [7, 11) is 1.98. The number of nitrogens with zero attached hydrogens (tertiary/aromatic N) is 2. The first-order valence-electron chi connectivity index (χ1n) is 7.15. The third-order valence-electron chi connectivity index (χ3n) is 3.34. The Morgan fingerprint density at radius 1 is 1.40 bits per heavy atom. The van der Waals surface area contributed by atoms with E-state index < -0.39 is 0 Å². The van der Waals surface area contributed by atoms with Gasteiger partial charge < -0.3 is 9.73 Å². The van der Waals surface area contributed by atoms with E-state index in [9.17, 15) is 0 Å². The van der Waals surface area contributed by atoms with Gasteiger partial charge in [0.25, 0.3) is 0 Å². The second-order valence-corrected chi connectivity index (χ2v) is 6.49. The molecule has 2 heterocycles. The third-order valence-corrected chi connectivity index (χ3v) is 3.34. The molecule has 2 aromatic heterocycles. The van der Waals surface area contributed by atoms with Gasteiger partial charge in [0, 0.05) is 43.2 Å². The van der Waals surface area contributed by atoms with E-state index in [4.69, 9.17) is 4.42 Å². The second-order valence-electron chi connectivity index (χ2n) is 6.49. The van der Waals surface area contributed by atoms with E-state index in [1.165, 1.54) is 5.56 Å². The number of furan rings is 1. The van der Waals surface area contributed by atoms with Gasteiger partial charge in [-0.15, -0.1) is 0 Å². The van der Waals surface area contributed by atoms with Gasteiger partial charge in [0.05, 0.1) is 12.0 Å². The summed E-state index contributed by atoms with van der Waals surface area (Å²) in [5, 5.41) is 8.14. The van der Waals surface area contributed by atoms with Crippen LogP contribution in [0.15, 0.2) is 29.0 Å². The van der Waals surface area contributed by atoms with Crippen LogP contribution in [0.25, 0.3) is 0 Å². The van der Waals surface area contributed by atoms with Crippen LogP contribution in [0, 0.1) is 0 Å². The lowest BCUT2D eigenvalue weighted by molar-refractivity contribution is 0.454. The lowest BCUT2D eigenvalue weighted by Crippen LogP contribution is -2.28. The molecule has 0 aliphatic carbocycles. The van der Waals surface area contributed by atoms with Gasteiger partial charge in [0.15, 0.2) is 0 Å². The number of aryl methyl sites for hydroxylation is 1. The third kappa shape index (κ3) is 3.73. The van der Waals surface area contributed by atoms with Gasteiger partial charge in [-0.05, 0) is 19.1 Å². The summed E-state index contributed by atoms with van der Waals surface area (Å²) < 4.78 is 7.28. The summed E-state index contributed by atoms with van der Waals surface area (Å²) in [5.74, 6) is 1.02. The molecule has 110 valence electrons. The van der Waals surface area contributed by atoms with Crippen LogP contribution in [-0.2, 0) is 25.4 Å². The lowest BCUT2D eigenvalue weighted by atomic mass is 9.89. The monoisotopic (exact) mass is 275 g/mol. The predicted molar refractivity (Wildman–Crippen MR) is 80.6 cm³/mol. The molecule has 0 radical (unpaired) electrons. The normalized spacial score (nSPS) is 13.7. The van der Waals surface area contributed by atoms with Crippen molar-refractivity contribution in [1.82, 2.24) is 15.1 Å². The van der Waals surface area contributed by atoms with Crippen LogP contribution in [0.4, 0.5) is 0 Å². The highest BCUT2D eigenvalue weighted by Crippen LogP contribution is 2.24. The molecule has 0 spiro atoms. The molecule has 2 aromatic rings. The molecule has 1 atom stereocenters. The van der Waals surface area contributed by atoms with Crippen LogP contribution < -0.4 is 5.32 Å². The second kappa shape index (κ2) is 5.83. The molecule has 0 aliphatic rings. The quantitative estimate of drug-likeness (QED) is 0.912. The van der Waals surface area contributed by atoms with E-state index in [1.807, 2.05) is 23.9 Å². The van der Waals surface area contributed by atoms with Gasteiger partial charge in [-0.2, -0.15) is 5.10 Å². The van der Waals surface area contributed by atoms with E-state index in [-0.39, 0.29) is 5.41 Å². The largest absolute Gasteiger partial charge is 0.469 e. The topological polar surface area (TPSA) is 43.0 Å². The number of nitrogens with one attached hydrogen (secondary N) is 1. The zero-order valence-corrected chi connectivity index (χ0v) is 13.1. The maximum absolute atomic E-state index is 5.38. The number of rotatable bonds is 5. The average Bonchev–Trinajstić information content (AvgIpc) is 2.95. The first-order valence-corrected chi connectivity index (χ1v) is 7.15. The van der Waals surface area contributed by atoms with Crippen LogP contribution in [0.2, 0.25) is 0 Å². The molecule has 1 N–H and O–H groups in total. The maximum atomic E-state index is 5.38. The molecule has 0 bridgehead atoms. The Morgan fingerprint density at radius 2 is 2.15 bits per heavy atom. The van der Waals surface area contributed by atoms with Gasteiger partial charge in [-0.25, -0.2) is 0 Å². The van der Waals surface area contributed by atoms with Crippen molar-refractivity contribution in [2.24, 2.45) is 7.05 Å². The van der Waals surface area contributed by atoms with E-state index in [0.29, 0.717) is 6.04 Å². The Balaban J connectivity index is 1.97. The Morgan fingerprint density at radius 3 is 2.75 bits per heavy atom. The number of hydrogen-bond acceptors (Lipinski definition) is 3. The molecule has 0 aliphatic heterocycles. The summed E-state index contributed by atoms with van der Waals surface area (Å²) in [5.41, 5.74) is 2.51. The molecule has 0 amide bonds. The van der Waals surface area contributed by atoms with E-state index in [1.54, 1.807) is 6.26 Å². The van der Waals surface area contributed by atoms with Crippen molar-refractivity contribution in [3.63, 3.8) is 0 Å². The minimum Gasteiger partial charge on any atom is -0.469 e. The van der Waals surface area contributed by atoms with Crippen molar-refractivity contribution in [2.75, 3.05) is 0 Å².